The van der Waals surface area contributed by atoms with Gasteiger partial charge in [-0.15, -0.1) is 0 Å². The molecule has 4 heteroatoms. The van der Waals surface area contributed by atoms with Gasteiger partial charge >= 0.3 is 0 Å². The second kappa shape index (κ2) is 4.77. The summed E-state index contributed by atoms with van der Waals surface area (Å²) in [4.78, 5) is 11.7. The molecule has 1 aromatic carbocycles. The van der Waals surface area contributed by atoms with Crippen LogP contribution in [0.5, 0.6) is 5.75 Å². The van der Waals surface area contributed by atoms with E-state index in [1.807, 2.05) is 19.9 Å². The van der Waals surface area contributed by atoms with Crippen LogP contribution in [0.1, 0.15) is 21.5 Å². The van der Waals surface area contributed by atoms with Crippen molar-refractivity contribution in [1.82, 2.24) is 0 Å². The Balaban J connectivity index is 3.50. The molecule has 0 bridgehead atoms. The molecule has 82 valence electrons. The lowest BCUT2D eigenvalue weighted by molar-refractivity contribution is 0.0997. The highest BCUT2D eigenvalue weighted by Crippen LogP contribution is 2.32. The molecule has 1 aromatic rings. The fraction of sp³-hybridized carbons (Fsp3) is 0.364. The van der Waals surface area contributed by atoms with Gasteiger partial charge < -0.3 is 10.5 Å². The molecule has 0 aliphatic carbocycles. The minimum absolute atomic E-state index is 0.00685. The number of carbonyl (C=O) groups is 1. The quantitative estimate of drug-likeness (QED) is 0.858. The van der Waals surface area contributed by atoms with Gasteiger partial charge in [0, 0.05) is 4.47 Å². The highest BCUT2D eigenvalue weighted by atomic mass is 79.9. The molecular formula is C11H14BrNO2. The zero-order valence-corrected chi connectivity index (χ0v) is 10.6. The van der Waals surface area contributed by atoms with E-state index in [-0.39, 0.29) is 12.3 Å². The van der Waals surface area contributed by atoms with Gasteiger partial charge in [0.2, 0.25) is 0 Å². The van der Waals surface area contributed by atoms with Crippen molar-refractivity contribution in [1.29, 1.82) is 0 Å². The van der Waals surface area contributed by atoms with Crippen LogP contribution in [0.3, 0.4) is 0 Å². The van der Waals surface area contributed by atoms with E-state index in [0.717, 1.165) is 15.6 Å². The first-order valence-corrected chi connectivity index (χ1v) is 5.39. The first-order chi connectivity index (χ1) is 7.02. The fourth-order valence-electron chi connectivity index (χ4n) is 1.55. The zero-order chi connectivity index (χ0) is 11.6. The second-order valence-corrected chi connectivity index (χ2v) is 4.19. The first kappa shape index (κ1) is 12.2. The predicted octanol–water partition coefficient (Wildman–Crippen LogP) is 2.22. The Labute approximate surface area is 97.7 Å². The highest BCUT2D eigenvalue weighted by molar-refractivity contribution is 9.10. The summed E-state index contributed by atoms with van der Waals surface area (Å²) in [5.74, 6) is 0.514. The lowest BCUT2D eigenvalue weighted by Crippen LogP contribution is -2.16. The molecule has 0 saturated heterocycles. The zero-order valence-electron chi connectivity index (χ0n) is 9.06. The number of nitrogens with two attached hydrogens (primary N) is 1. The third kappa shape index (κ3) is 2.21. The lowest BCUT2D eigenvalue weighted by atomic mass is 10.00. The van der Waals surface area contributed by atoms with E-state index in [0.29, 0.717) is 11.3 Å². The van der Waals surface area contributed by atoms with Gasteiger partial charge in [0.25, 0.3) is 0 Å². The van der Waals surface area contributed by atoms with E-state index >= 15 is 0 Å². The van der Waals surface area contributed by atoms with Crippen LogP contribution in [-0.2, 0) is 0 Å². The van der Waals surface area contributed by atoms with Gasteiger partial charge in [0.15, 0.2) is 5.78 Å². The third-order valence-corrected chi connectivity index (χ3v) is 3.15. The molecule has 0 heterocycles. The molecule has 0 saturated carbocycles. The monoisotopic (exact) mass is 271 g/mol. The van der Waals surface area contributed by atoms with Crippen LogP contribution in [0.25, 0.3) is 0 Å². The molecule has 0 spiro atoms. The number of Topliss-reactive ketones (excluding diaryl/α,β-unsaturated/α-hetero) is 1. The maximum Gasteiger partial charge on any atom is 0.180 e. The minimum Gasteiger partial charge on any atom is -0.496 e. The molecule has 0 atom stereocenters. The summed E-state index contributed by atoms with van der Waals surface area (Å²) in [7, 11) is 1.56. The van der Waals surface area contributed by atoms with E-state index < -0.39 is 0 Å². The molecule has 0 fully saturated rings. The summed E-state index contributed by atoms with van der Waals surface area (Å²) < 4.78 is 6.14. The number of hydrogen-bond acceptors (Lipinski definition) is 3. The van der Waals surface area contributed by atoms with Gasteiger partial charge in [-0.2, -0.15) is 0 Å². The number of ether oxygens (including phenoxy) is 1. The Kier molecular flexibility index (Phi) is 3.88. The molecule has 15 heavy (non-hydrogen) atoms. The van der Waals surface area contributed by atoms with E-state index in [4.69, 9.17) is 10.5 Å². The summed E-state index contributed by atoms with van der Waals surface area (Å²) in [5.41, 5.74) is 7.74. The van der Waals surface area contributed by atoms with Gasteiger partial charge in [-0.25, -0.2) is 0 Å². The number of hydrogen-bond donors (Lipinski definition) is 1. The van der Waals surface area contributed by atoms with Crippen LogP contribution >= 0.6 is 15.9 Å². The van der Waals surface area contributed by atoms with E-state index in [9.17, 15) is 4.79 Å². The van der Waals surface area contributed by atoms with Gasteiger partial charge in [0.1, 0.15) is 5.75 Å². The largest absolute Gasteiger partial charge is 0.496 e. The normalized spacial score (nSPS) is 10.2. The van der Waals surface area contributed by atoms with Crippen molar-refractivity contribution in [2.75, 3.05) is 13.7 Å². The number of benzene rings is 1. The second-order valence-electron chi connectivity index (χ2n) is 3.34. The van der Waals surface area contributed by atoms with Gasteiger partial charge in [0.05, 0.1) is 19.2 Å². The Hall–Kier alpha value is -0.870. The van der Waals surface area contributed by atoms with Crippen molar-refractivity contribution in [3.05, 3.63) is 27.2 Å². The maximum atomic E-state index is 11.7. The SMILES string of the molecule is COc1c(C)cc(Br)c(C)c1C(=O)CN. The Morgan fingerprint density at radius 3 is 2.60 bits per heavy atom. The van der Waals surface area contributed by atoms with Crippen LogP contribution in [0.2, 0.25) is 0 Å². The number of aryl methyl sites for hydroxylation is 1. The van der Waals surface area contributed by atoms with Crippen LogP contribution in [0.15, 0.2) is 10.5 Å². The van der Waals surface area contributed by atoms with Crippen molar-refractivity contribution >= 4 is 21.7 Å². The summed E-state index contributed by atoms with van der Waals surface area (Å²) in [6.07, 6.45) is 0. The van der Waals surface area contributed by atoms with Crippen LogP contribution in [0, 0.1) is 13.8 Å². The van der Waals surface area contributed by atoms with E-state index in [1.165, 1.54) is 0 Å². The molecule has 0 radical (unpaired) electrons. The Bertz CT molecular complexity index is 402. The fourth-order valence-corrected chi connectivity index (χ4v) is 2.09. The molecule has 3 nitrogen and oxygen atoms in total. The summed E-state index contributed by atoms with van der Waals surface area (Å²) in [6, 6.07) is 1.93. The summed E-state index contributed by atoms with van der Waals surface area (Å²) in [5, 5.41) is 0. The van der Waals surface area contributed by atoms with Crippen molar-refractivity contribution in [3.8, 4) is 5.75 Å². The van der Waals surface area contributed by atoms with Crippen molar-refractivity contribution in [2.45, 2.75) is 13.8 Å². The number of halogens is 1. The number of carbonyl (C=O) groups excluding carboxylic acids is 1. The maximum absolute atomic E-state index is 11.7. The predicted molar refractivity (Wildman–Crippen MR) is 63.6 cm³/mol. The van der Waals surface area contributed by atoms with Gasteiger partial charge in [-0.3, -0.25) is 4.79 Å². The van der Waals surface area contributed by atoms with Crippen molar-refractivity contribution < 1.29 is 9.53 Å². The average molecular weight is 272 g/mol. The van der Waals surface area contributed by atoms with Gasteiger partial charge in [-0.05, 0) is 31.0 Å². The van der Waals surface area contributed by atoms with E-state index in [1.54, 1.807) is 7.11 Å². The topological polar surface area (TPSA) is 52.3 Å². The van der Waals surface area contributed by atoms with Crippen molar-refractivity contribution in [3.63, 3.8) is 0 Å². The Morgan fingerprint density at radius 1 is 1.53 bits per heavy atom. The first-order valence-electron chi connectivity index (χ1n) is 4.59. The molecule has 0 unspecified atom stereocenters. The number of methoxy groups -OCH3 is 1. The van der Waals surface area contributed by atoms with Crippen LogP contribution in [-0.4, -0.2) is 19.4 Å². The standard InChI is InChI=1S/C11H14BrNO2/c1-6-4-8(12)7(2)10(9(14)5-13)11(6)15-3/h4H,5,13H2,1-3H3. The smallest absolute Gasteiger partial charge is 0.180 e. The third-order valence-electron chi connectivity index (χ3n) is 2.33. The average Bonchev–Trinajstić information content (AvgIpc) is 2.21. The molecule has 1 rings (SSSR count). The van der Waals surface area contributed by atoms with Crippen molar-refractivity contribution in [2.24, 2.45) is 5.73 Å². The lowest BCUT2D eigenvalue weighted by Gasteiger charge is -2.14. The number of rotatable bonds is 3. The molecule has 0 amide bonds. The summed E-state index contributed by atoms with van der Waals surface area (Å²) >= 11 is 3.41. The molecular weight excluding hydrogens is 258 g/mol. The van der Waals surface area contributed by atoms with E-state index in [2.05, 4.69) is 15.9 Å². The highest BCUT2D eigenvalue weighted by Gasteiger charge is 2.18. The van der Waals surface area contributed by atoms with Crippen LogP contribution in [0.4, 0.5) is 0 Å². The molecule has 0 aliphatic rings. The number of ketones is 1. The summed E-state index contributed by atoms with van der Waals surface area (Å²) in [6.45, 7) is 3.76. The molecule has 0 aromatic heterocycles. The molecule has 2 N–H and O–H groups in total. The molecule has 0 aliphatic heterocycles. The van der Waals surface area contributed by atoms with Crippen LogP contribution < -0.4 is 10.5 Å². The Morgan fingerprint density at radius 2 is 2.13 bits per heavy atom. The minimum atomic E-state index is -0.103. The van der Waals surface area contributed by atoms with Gasteiger partial charge in [-0.1, -0.05) is 15.9 Å².